The Bertz CT molecular complexity index is 429. The Morgan fingerprint density at radius 2 is 2.19 bits per heavy atom. The van der Waals surface area contributed by atoms with E-state index in [-0.39, 0.29) is 18.7 Å². The highest BCUT2D eigenvalue weighted by Gasteiger charge is 2.18. The quantitative estimate of drug-likeness (QED) is 0.791. The third kappa shape index (κ3) is 3.39. The minimum atomic E-state index is -0.939. The van der Waals surface area contributed by atoms with Crippen molar-refractivity contribution in [2.45, 2.75) is 19.8 Å². The first-order valence-corrected chi connectivity index (χ1v) is 5.01. The van der Waals surface area contributed by atoms with Crippen LogP contribution in [0.5, 0.6) is 0 Å². The fourth-order valence-corrected chi connectivity index (χ4v) is 1.40. The molecule has 0 aliphatic rings. The topological polar surface area (TPSA) is 37.3 Å². The maximum Gasteiger partial charge on any atom is 0.307 e. The van der Waals surface area contributed by atoms with E-state index >= 15 is 0 Å². The van der Waals surface area contributed by atoms with Crippen molar-refractivity contribution in [2.24, 2.45) is 5.92 Å². The van der Waals surface area contributed by atoms with E-state index in [0.717, 1.165) is 0 Å². The lowest BCUT2D eigenvalue weighted by Crippen LogP contribution is -2.16. The van der Waals surface area contributed by atoms with Crippen LogP contribution in [-0.4, -0.2) is 11.1 Å². The fourth-order valence-electron chi connectivity index (χ4n) is 1.40. The molecule has 1 aromatic rings. The molecule has 0 bridgehead atoms. The van der Waals surface area contributed by atoms with Gasteiger partial charge in [0.1, 0.15) is 5.82 Å². The molecule has 2 nitrogen and oxygen atoms in total. The molecular weight excluding hydrogens is 207 g/mol. The minimum absolute atomic E-state index is 0.177. The second-order valence-corrected chi connectivity index (χ2v) is 3.46. The van der Waals surface area contributed by atoms with E-state index in [4.69, 9.17) is 5.11 Å². The molecule has 0 saturated heterocycles. The first-order chi connectivity index (χ1) is 7.65. The van der Waals surface area contributed by atoms with Crippen molar-refractivity contribution in [3.8, 4) is 11.8 Å². The summed E-state index contributed by atoms with van der Waals surface area (Å²) in [7, 11) is 0. The van der Waals surface area contributed by atoms with Gasteiger partial charge in [0, 0.05) is 6.42 Å². The molecule has 0 fully saturated rings. The van der Waals surface area contributed by atoms with E-state index in [2.05, 4.69) is 11.8 Å². The molecule has 1 atom stereocenters. The van der Waals surface area contributed by atoms with Crippen molar-refractivity contribution in [3.63, 3.8) is 0 Å². The lowest BCUT2D eigenvalue weighted by Gasteiger charge is -2.09. The average molecular weight is 220 g/mol. The minimum Gasteiger partial charge on any atom is -0.481 e. The predicted octanol–water partition coefficient (Wildman–Crippen LogP) is 2.48. The summed E-state index contributed by atoms with van der Waals surface area (Å²) in [4.78, 5) is 10.9. The Balaban J connectivity index is 2.78. The van der Waals surface area contributed by atoms with Crippen molar-refractivity contribution in [1.82, 2.24) is 0 Å². The second kappa shape index (κ2) is 5.92. The number of benzene rings is 1. The van der Waals surface area contributed by atoms with Crippen LogP contribution in [0.4, 0.5) is 4.39 Å². The van der Waals surface area contributed by atoms with E-state index in [1.807, 2.05) is 0 Å². The predicted molar refractivity (Wildman–Crippen MR) is 59.3 cm³/mol. The number of aliphatic carboxylic acids is 1. The molecule has 1 rings (SSSR count). The van der Waals surface area contributed by atoms with E-state index in [0.29, 0.717) is 5.56 Å². The molecule has 1 N–H and O–H groups in total. The van der Waals surface area contributed by atoms with Gasteiger partial charge in [-0.15, -0.1) is 11.8 Å². The molecule has 0 saturated carbocycles. The van der Waals surface area contributed by atoms with Gasteiger partial charge in [0.25, 0.3) is 0 Å². The summed E-state index contributed by atoms with van der Waals surface area (Å²) in [5.74, 6) is 3.41. The lowest BCUT2D eigenvalue weighted by molar-refractivity contribution is -0.141. The molecule has 3 heteroatoms. The number of hydrogen-bond donors (Lipinski definition) is 1. The third-order valence-electron chi connectivity index (χ3n) is 2.30. The lowest BCUT2D eigenvalue weighted by atomic mass is 9.96. The number of hydrogen-bond acceptors (Lipinski definition) is 1. The van der Waals surface area contributed by atoms with Gasteiger partial charge in [-0.2, -0.15) is 0 Å². The van der Waals surface area contributed by atoms with Crippen molar-refractivity contribution in [3.05, 3.63) is 35.6 Å². The molecule has 0 radical (unpaired) electrons. The number of rotatable bonds is 4. The first kappa shape index (κ1) is 12.3. The highest BCUT2D eigenvalue weighted by Crippen LogP contribution is 2.15. The molecule has 0 aromatic heterocycles. The molecule has 1 aromatic carbocycles. The Hall–Kier alpha value is -1.82. The smallest absolute Gasteiger partial charge is 0.307 e. The second-order valence-electron chi connectivity index (χ2n) is 3.46. The summed E-state index contributed by atoms with van der Waals surface area (Å²) in [5, 5.41) is 8.96. The van der Waals surface area contributed by atoms with Crippen molar-refractivity contribution < 1.29 is 14.3 Å². The van der Waals surface area contributed by atoms with E-state index in [1.54, 1.807) is 25.1 Å². The molecule has 0 aliphatic heterocycles. The zero-order chi connectivity index (χ0) is 12.0. The van der Waals surface area contributed by atoms with Gasteiger partial charge >= 0.3 is 5.97 Å². The van der Waals surface area contributed by atoms with E-state index in [9.17, 15) is 9.18 Å². The van der Waals surface area contributed by atoms with Gasteiger partial charge in [0.2, 0.25) is 0 Å². The number of carboxylic acid groups (broad SMARTS) is 1. The van der Waals surface area contributed by atoms with Crippen LogP contribution in [0, 0.1) is 23.6 Å². The van der Waals surface area contributed by atoms with Crippen LogP contribution in [0.15, 0.2) is 24.3 Å². The summed E-state index contributed by atoms with van der Waals surface area (Å²) in [6.45, 7) is 1.65. The summed E-state index contributed by atoms with van der Waals surface area (Å²) in [6, 6.07) is 6.22. The largest absolute Gasteiger partial charge is 0.481 e. The Morgan fingerprint density at radius 1 is 1.50 bits per heavy atom. The summed E-state index contributed by atoms with van der Waals surface area (Å²) in [6.07, 6.45) is 0.427. The molecule has 0 heterocycles. The molecular formula is C13H13FO2. The first-order valence-electron chi connectivity index (χ1n) is 5.01. The SMILES string of the molecule is CC#CCC(Cc1ccccc1F)C(=O)O. The molecule has 1 unspecified atom stereocenters. The summed E-state index contributed by atoms with van der Waals surface area (Å²) in [5.41, 5.74) is 0.424. The molecule has 84 valence electrons. The number of carbonyl (C=O) groups is 1. The Morgan fingerprint density at radius 3 is 2.75 bits per heavy atom. The van der Waals surface area contributed by atoms with Crippen LogP contribution in [0.25, 0.3) is 0 Å². The normalized spacial score (nSPS) is 11.4. The molecule has 0 aliphatic carbocycles. The Labute approximate surface area is 94.1 Å². The average Bonchev–Trinajstić information content (AvgIpc) is 2.26. The van der Waals surface area contributed by atoms with Crippen molar-refractivity contribution in [1.29, 1.82) is 0 Å². The van der Waals surface area contributed by atoms with Crippen LogP contribution >= 0.6 is 0 Å². The number of halogens is 1. The standard InChI is InChI=1S/C13H13FO2/c1-2-3-6-11(13(15)16)9-10-7-4-5-8-12(10)14/h4-5,7-8,11H,6,9H2,1H3,(H,15,16). The third-order valence-corrected chi connectivity index (χ3v) is 2.30. The molecule has 0 amide bonds. The molecule has 16 heavy (non-hydrogen) atoms. The highest BCUT2D eigenvalue weighted by atomic mass is 19.1. The monoisotopic (exact) mass is 220 g/mol. The van der Waals surface area contributed by atoms with Gasteiger partial charge in [0.15, 0.2) is 0 Å². The maximum absolute atomic E-state index is 13.3. The van der Waals surface area contributed by atoms with Crippen LogP contribution in [-0.2, 0) is 11.2 Å². The van der Waals surface area contributed by atoms with Crippen LogP contribution in [0.3, 0.4) is 0 Å². The van der Waals surface area contributed by atoms with E-state index in [1.165, 1.54) is 6.07 Å². The van der Waals surface area contributed by atoms with Crippen LogP contribution in [0.2, 0.25) is 0 Å². The van der Waals surface area contributed by atoms with Gasteiger partial charge in [-0.3, -0.25) is 4.79 Å². The number of carboxylic acids is 1. The van der Waals surface area contributed by atoms with Gasteiger partial charge in [-0.1, -0.05) is 18.2 Å². The highest BCUT2D eigenvalue weighted by molar-refractivity contribution is 5.70. The van der Waals surface area contributed by atoms with Gasteiger partial charge in [0.05, 0.1) is 5.92 Å². The van der Waals surface area contributed by atoms with E-state index < -0.39 is 11.9 Å². The van der Waals surface area contributed by atoms with Crippen molar-refractivity contribution in [2.75, 3.05) is 0 Å². The van der Waals surface area contributed by atoms with Crippen molar-refractivity contribution >= 4 is 5.97 Å². The maximum atomic E-state index is 13.3. The van der Waals surface area contributed by atoms with Gasteiger partial charge in [-0.05, 0) is 25.0 Å². The van der Waals surface area contributed by atoms with Gasteiger partial charge in [-0.25, -0.2) is 4.39 Å². The zero-order valence-electron chi connectivity index (χ0n) is 9.03. The summed E-state index contributed by atoms with van der Waals surface area (Å²) >= 11 is 0. The Kier molecular flexibility index (Phi) is 4.53. The molecule has 0 spiro atoms. The van der Waals surface area contributed by atoms with Crippen LogP contribution < -0.4 is 0 Å². The van der Waals surface area contributed by atoms with Crippen LogP contribution in [0.1, 0.15) is 18.9 Å². The summed E-state index contributed by atoms with van der Waals surface area (Å²) < 4.78 is 13.3. The van der Waals surface area contributed by atoms with Gasteiger partial charge < -0.3 is 5.11 Å². The fraction of sp³-hybridized carbons (Fsp3) is 0.308. The zero-order valence-corrected chi connectivity index (χ0v) is 9.03.